The molecule has 0 saturated carbocycles. The molecule has 0 aliphatic rings. The first-order valence-corrected chi connectivity index (χ1v) is 15.5. The van der Waals surface area contributed by atoms with E-state index in [4.69, 9.17) is 9.47 Å². The number of unbranched alkanes of at least 4 members (excludes halogenated alkanes) is 3. The number of fused-ring (bicyclic) bond motifs is 6. The maximum atomic E-state index is 12.8. The van der Waals surface area contributed by atoms with E-state index < -0.39 is 11.9 Å². The highest BCUT2D eigenvalue weighted by atomic mass is 16.5. The molecule has 44 heavy (non-hydrogen) atoms. The van der Waals surface area contributed by atoms with Crippen LogP contribution < -0.4 is 0 Å². The van der Waals surface area contributed by atoms with E-state index in [0.717, 1.165) is 93.8 Å². The van der Waals surface area contributed by atoms with Gasteiger partial charge in [-0.1, -0.05) is 36.4 Å². The summed E-state index contributed by atoms with van der Waals surface area (Å²) in [6.07, 6.45) is 3.18. The second kappa shape index (κ2) is 12.5. The molecular weight excluding hydrogens is 552 g/mol. The van der Waals surface area contributed by atoms with E-state index in [0.29, 0.717) is 24.6 Å². The fourth-order valence-electron chi connectivity index (χ4n) is 6.44. The van der Waals surface area contributed by atoms with E-state index in [1.807, 2.05) is 50.2 Å². The van der Waals surface area contributed by atoms with Gasteiger partial charge in [0, 0.05) is 45.7 Å². The number of aromatic nitrogens is 4. The Labute approximate surface area is 256 Å². The lowest BCUT2D eigenvalue weighted by Crippen LogP contribution is -2.10. The molecule has 0 spiro atoms. The highest BCUT2D eigenvalue weighted by Crippen LogP contribution is 2.32. The molecule has 226 valence electrons. The second-order valence-corrected chi connectivity index (χ2v) is 11.2. The number of nitrogens with zero attached hydrogens (tertiary/aromatic N) is 4. The van der Waals surface area contributed by atoms with Gasteiger partial charge in [-0.15, -0.1) is 0 Å². The fourth-order valence-corrected chi connectivity index (χ4v) is 6.44. The molecule has 0 bridgehead atoms. The van der Waals surface area contributed by atoms with Crippen molar-refractivity contribution in [3.05, 3.63) is 83.4 Å². The van der Waals surface area contributed by atoms with E-state index in [9.17, 15) is 9.59 Å². The first-order valence-electron chi connectivity index (χ1n) is 15.5. The lowest BCUT2D eigenvalue weighted by Gasteiger charge is -2.09. The Kier molecular flexibility index (Phi) is 8.33. The minimum Gasteiger partial charge on any atom is -0.461 e. The van der Waals surface area contributed by atoms with E-state index in [1.54, 1.807) is 0 Å². The van der Waals surface area contributed by atoms with Crippen LogP contribution >= 0.6 is 0 Å². The summed E-state index contributed by atoms with van der Waals surface area (Å²) in [7, 11) is 0. The zero-order valence-electron chi connectivity index (χ0n) is 25.9. The molecule has 0 atom stereocenters. The van der Waals surface area contributed by atoms with E-state index in [-0.39, 0.29) is 0 Å². The van der Waals surface area contributed by atoms with Crippen molar-refractivity contribution in [3.63, 3.8) is 0 Å². The molecule has 4 heterocycles. The highest BCUT2D eigenvalue weighted by molar-refractivity contribution is 6.11. The van der Waals surface area contributed by atoms with Crippen LogP contribution in [0.1, 0.15) is 71.9 Å². The normalized spacial score (nSPS) is 11.6. The highest BCUT2D eigenvalue weighted by Gasteiger charge is 2.19. The van der Waals surface area contributed by atoms with Crippen molar-refractivity contribution in [2.75, 3.05) is 13.2 Å². The molecule has 8 nitrogen and oxygen atoms in total. The SMILES string of the molecule is CCn1c2ccccc2c2cc(C(=O)OCCCCCCOC(=O)c3cc4c5ccccc5n(CC)c4c(C)n3)nc(C)c21. The average Bonchev–Trinajstić information content (AvgIpc) is 3.55. The summed E-state index contributed by atoms with van der Waals surface area (Å²) in [5.74, 6) is -0.807. The zero-order valence-corrected chi connectivity index (χ0v) is 25.9. The molecular formula is C36H38N4O4. The van der Waals surface area contributed by atoms with Crippen molar-refractivity contribution >= 4 is 55.6 Å². The molecule has 0 amide bonds. The predicted octanol–water partition coefficient (Wildman–Crippen LogP) is 7.92. The van der Waals surface area contributed by atoms with E-state index >= 15 is 0 Å². The predicted molar refractivity (Wildman–Crippen MR) is 174 cm³/mol. The Hall–Kier alpha value is -4.72. The monoisotopic (exact) mass is 590 g/mol. The Morgan fingerprint density at radius 3 is 1.43 bits per heavy atom. The standard InChI is InChI=1S/C36H38N4O4/c1-5-39-31-17-11-9-15-25(31)27-21-29(37-23(3)33(27)39)35(41)43-19-13-7-8-14-20-44-36(42)30-22-28-26-16-10-12-18-32(26)40(6-2)34(28)24(4)38-30/h9-12,15-18,21-22H,5-8,13-14,19-20H2,1-4H3. The molecule has 4 aromatic heterocycles. The van der Waals surface area contributed by atoms with E-state index in [2.05, 4.69) is 57.2 Å². The van der Waals surface area contributed by atoms with Crippen LogP contribution in [0.5, 0.6) is 0 Å². The number of pyridine rings is 2. The molecule has 0 radical (unpaired) electrons. The quantitative estimate of drug-likeness (QED) is 0.112. The van der Waals surface area contributed by atoms with Gasteiger partial charge in [-0.05, 0) is 77.6 Å². The van der Waals surface area contributed by atoms with Gasteiger partial charge in [0.1, 0.15) is 11.4 Å². The number of esters is 2. The van der Waals surface area contributed by atoms with Crippen LogP contribution in [0.4, 0.5) is 0 Å². The van der Waals surface area contributed by atoms with Gasteiger partial charge in [0.15, 0.2) is 0 Å². The summed E-state index contributed by atoms with van der Waals surface area (Å²) in [5, 5.41) is 4.27. The number of benzene rings is 2. The number of carbonyl (C=O) groups excluding carboxylic acids is 2. The third-order valence-corrected chi connectivity index (χ3v) is 8.40. The first kappa shape index (κ1) is 29.4. The topological polar surface area (TPSA) is 88.2 Å². The summed E-state index contributed by atoms with van der Waals surface area (Å²) in [5.41, 5.74) is 6.70. The number of aryl methyl sites for hydroxylation is 4. The van der Waals surface area contributed by atoms with Crippen LogP contribution in [-0.4, -0.2) is 44.3 Å². The number of rotatable bonds is 11. The zero-order chi connectivity index (χ0) is 30.8. The van der Waals surface area contributed by atoms with Crippen LogP contribution in [0.15, 0.2) is 60.7 Å². The summed E-state index contributed by atoms with van der Waals surface area (Å²) >= 11 is 0. The number of carbonyl (C=O) groups is 2. The fraction of sp³-hybridized carbons (Fsp3) is 0.333. The van der Waals surface area contributed by atoms with Crippen molar-refractivity contribution in [3.8, 4) is 0 Å². The maximum absolute atomic E-state index is 12.8. The van der Waals surface area contributed by atoms with Crippen molar-refractivity contribution in [1.82, 2.24) is 19.1 Å². The van der Waals surface area contributed by atoms with Gasteiger partial charge in [-0.25, -0.2) is 19.6 Å². The molecule has 8 heteroatoms. The number of hydrogen-bond acceptors (Lipinski definition) is 6. The largest absolute Gasteiger partial charge is 0.461 e. The van der Waals surface area contributed by atoms with Gasteiger partial charge < -0.3 is 18.6 Å². The third-order valence-electron chi connectivity index (χ3n) is 8.40. The third kappa shape index (κ3) is 5.29. The Morgan fingerprint density at radius 1 is 0.614 bits per heavy atom. The molecule has 0 unspecified atom stereocenters. The molecule has 0 aliphatic heterocycles. The number of hydrogen-bond donors (Lipinski definition) is 0. The van der Waals surface area contributed by atoms with Crippen molar-refractivity contribution < 1.29 is 19.1 Å². The summed E-state index contributed by atoms with van der Waals surface area (Å²) < 4.78 is 15.6. The molecule has 0 N–H and O–H groups in total. The van der Waals surface area contributed by atoms with Gasteiger partial charge in [-0.3, -0.25) is 0 Å². The number of para-hydroxylation sites is 2. The lowest BCUT2D eigenvalue weighted by atomic mass is 10.1. The smallest absolute Gasteiger partial charge is 0.356 e. The molecule has 0 fully saturated rings. The summed E-state index contributed by atoms with van der Waals surface area (Å²) in [4.78, 5) is 34.8. The second-order valence-electron chi connectivity index (χ2n) is 11.2. The van der Waals surface area contributed by atoms with Gasteiger partial charge in [0.25, 0.3) is 0 Å². The molecule has 0 aliphatic carbocycles. The van der Waals surface area contributed by atoms with Gasteiger partial charge in [0.05, 0.1) is 35.6 Å². The molecule has 2 aromatic carbocycles. The van der Waals surface area contributed by atoms with Crippen LogP contribution in [-0.2, 0) is 22.6 Å². The summed E-state index contributed by atoms with van der Waals surface area (Å²) in [6.45, 7) is 10.4. The Bertz CT molecular complexity index is 1870. The average molecular weight is 591 g/mol. The van der Waals surface area contributed by atoms with Crippen LogP contribution in [0.25, 0.3) is 43.6 Å². The van der Waals surface area contributed by atoms with Gasteiger partial charge in [-0.2, -0.15) is 0 Å². The van der Waals surface area contributed by atoms with E-state index in [1.165, 1.54) is 0 Å². The molecule has 6 aromatic rings. The van der Waals surface area contributed by atoms with Crippen molar-refractivity contribution in [1.29, 1.82) is 0 Å². The van der Waals surface area contributed by atoms with Gasteiger partial charge in [0.2, 0.25) is 0 Å². The molecule has 6 rings (SSSR count). The Morgan fingerprint density at radius 2 is 1.02 bits per heavy atom. The number of ether oxygens (including phenoxy) is 2. The van der Waals surface area contributed by atoms with Gasteiger partial charge >= 0.3 is 11.9 Å². The minimum atomic E-state index is -0.404. The van der Waals surface area contributed by atoms with Crippen LogP contribution in [0.2, 0.25) is 0 Å². The summed E-state index contributed by atoms with van der Waals surface area (Å²) in [6, 6.07) is 20.1. The first-order chi connectivity index (χ1) is 21.4. The Balaban J connectivity index is 0.984. The molecule has 0 saturated heterocycles. The maximum Gasteiger partial charge on any atom is 0.356 e. The van der Waals surface area contributed by atoms with Crippen molar-refractivity contribution in [2.24, 2.45) is 0 Å². The lowest BCUT2D eigenvalue weighted by molar-refractivity contribution is 0.0467. The van der Waals surface area contributed by atoms with Crippen LogP contribution in [0, 0.1) is 13.8 Å². The minimum absolute atomic E-state index is 0.322. The van der Waals surface area contributed by atoms with Crippen LogP contribution in [0.3, 0.4) is 0 Å². The van der Waals surface area contributed by atoms with Crippen molar-refractivity contribution in [2.45, 2.75) is 66.5 Å².